The van der Waals surface area contributed by atoms with E-state index in [0.29, 0.717) is 31.8 Å². The van der Waals surface area contributed by atoms with E-state index in [-0.39, 0.29) is 46.4 Å². The molecule has 1 aromatic carbocycles. The number of fused-ring (bicyclic) bond motifs is 1. The minimum absolute atomic E-state index is 0. The van der Waals surface area contributed by atoms with E-state index in [0.717, 1.165) is 17.7 Å². The minimum atomic E-state index is -3.78. The Hall–Kier alpha value is -1.33. The third kappa shape index (κ3) is 5.64. The number of benzene rings is 1. The van der Waals surface area contributed by atoms with E-state index in [2.05, 4.69) is 0 Å². The summed E-state index contributed by atoms with van der Waals surface area (Å²) in [5.74, 6) is 0.310. The number of likely N-dealkylation sites (N-methyl/N-ethyl adjacent to an activating group) is 1. The van der Waals surface area contributed by atoms with Gasteiger partial charge in [0.25, 0.3) is 11.1 Å². The van der Waals surface area contributed by atoms with Crippen molar-refractivity contribution < 1.29 is 56.4 Å². The molecule has 0 aromatic heterocycles. The summed E-state index contributed by atoms with van der Waals surface area (Å²) in [6, 6.07) is 7.61. The predicted molar refractivity (Wildman–Crippen MR) is 107 cm³/mol. The van der Waals surface area contributed by atoms with Crippen LogP contribution in [0.4, 0.5) is 5.69 Å². The molecule has 11 heteroatoms. The van der Waals surface area contributed by atoms with Crippen molar-refractivity contribution in [1.82, 2.24) is 4.90 Å². The average Bonchev–Trinajstić information content (AvgIpc) is 3.20. The number of para-hydroxylation sites is 2. The molecule has 2 aliphatic rings. The van der Waals surface area contributed by atoms with Gasteiger partial charge in [0.1, 0.15) is 12.0 Å². The molecule has 2 aliphatic heterocycles. The van der Waals surface area contributed by atoms with Crippen LogP contribution in [0.3, 0.4) is 0 Å². The van der Waals surface area contributed by atoms with E-state index in [1.807, 2.05) is 29.2 Å². The molecule has 8 nitrogen and oxygen atoms in total. The molecule has 152 valence electrons. The Balaban J connectivity index is 0.00000300. The van der Waals surface area contributed by atoms with Gasteiger partial charge in [-0.25, -0.2) is 0 Å². The molecule has 0 radical (unpaired) electrons. The van der Waals surface area contributed by atoms with Crippen LogP contribution in [0.25, 0.3) is 0 Å². The zero-order chi connectivity index (χ0) is 20.3. The Morgan fingerprint density at radius 2 is 2.10 bits per heavy atom. The fourth-order valence-electron chi connectivity index (χ4n) is 2.95. The molecular formula is C18H22N2NaO6S2+. The molecule has 0 bridgehead atoms. The number of carbonyl (C=O) groups is 1. The first-order chi connectivity index (χ1) is 13.3. The van der Waals surface area contributed by atoms with Crippen LogP contribution in [0.15, 0.2) is 36.1 Å². The molecule has 0 aliphatic carbocycles. The summed E-state index contributed by atoms with van der Waals surface area (Å²) in [5.41, 5.74) is 1.29. The maximum absolute atomic E-state index is 12.2. The molecular weight excluding hydrogens is 427 g/mol. The molecule has 1 amide bonds. The van der Waals surface area contributed by atoms with Crippen molar-refractivity contribution in [2.24, 2.45) is 0 Å². The van der Waals surface area contributed by atoms with Crippen LogP contribution < -0.4 is 39.2 Å². The number of carbonyl (C=O) groups excluding carboxylic acids is 1. The van der Waals surface area contributed by atoms with Gasteiger partial charge in [-0.3, -0.25) is 9.69 Å². The molecule has 1 atom stereocenters. The fraction of sp³-hybridized carbons (Fsp3) is 0.444. The first-order valence-electron chi connectivity index (χ1n) is 8.89. The number of thiocarbonyl (C=S) groups is 1. The molecule has 0 saturated carbocycles. The van der Waals surface area contributed by atoms with Crippen molar-refractivity contribution in [3.05, 3.63) is 36.1 Å². The summed E-state index contributed by atoms with van der Waals surface area (Å²) in [4.78, 5) is 15.5. The van der Waals surface area contributed by atoms with Gasteiger partial charge in [-0.2, -0.15) is 8.42 Å². The summed E-state index contributed by atoms with van der Waals surface area (Å²) in [6.07, 6.45) is 0.480. The number of hydrogen-bond acceptors (Lipinski definition) is 8. The van der Waals surface area contributed by atoms with Gasteiger partial charge in [0.2, 0.25) is 6.10 Å². The Labute approximate surface area is 198 Å². The zero-order valence-electron chi connectivity index (χ0n) is 16.7. The number of nitrogens with zero attached hydrogens (tertiary/aromatic N) is 2. The standard InChI is InChI=1S/C18H22N2O6S2.Na/c1-3-20-17(21)16(26-18(20)27)13(2)11-25-28(22,23)10-6-9-19-12-24-15-8-5-4-7-14(15)19;/h4-5,7-8,11,16H,3,6,9-10,12H2,1-2H3;/q;+1/b13-11+;. The molecule has 3 rings (SSSR count). The summed E-state index contributed by atoms with van der Waals surface area (Å²) in [5, 5.41) is 0.0845. The van der Waals surface area contributed by atoms with E-state index in [1.165, 1.54) is 4.90 Å². The largest absolute Gasteiger partial charge is 1.00 e. The van der Waals surface area contributed by atoms with Gasteiger partial charge >= 0.3 is 39.7 Å². The van der Waals surface area contributed by atoms with Gasteiger partial charge in [-0.1, -0.05) is 12.1 Å². The van der Waals surface area contributed by atoms with Crippen molar-refractivity contribution in [2.45, 2.75) is 26.4 Å². The molecule has 1 aromatic rings. The summed E-state index contributed by atoms with van der Waals surface area (Å²) in [7, 11) is -3.78. The number of anilines is 1. The van der Waals surface area contributed by atoms with E-state index >= 15 is 0 Å². The van der Waals surface area contributed by atoms with Crippen LogP contribution in [0.5, 0.6) is 5.75 Å². The monoisotopic (exact) mass is 449 g/mol. The quantitative estimate of drug-likeness (QED) is 0.217. The maximum atomic E-state index is 12.2. The molecule has 0 N–H and O–H groups in total. The molecule has 0 spiro atoms. The predicted octanol–water partition coefficient (Wildman–Crippen LogP) is -0.981. The van der Waals surface area contributed by atoms with Gasteiger partial charge in [-0.05, 0) is 44.6 Å². The fourth-order valence-corrected chi connectivity index (χ4v) is 4.15. The molecule has 29 heavy (non-hydrogen) atoms. The number of amides is 1. The molecule has 1 saturated heterocycles. The van der Waals surface area contributed by atoms with Crippen molar-refractivity contribution in [1.29, 1.82) is 0 Å². The summed E-state index contributed by atoms with van der Waals surface area (Å²) in [6.45, 7) is 4.66. The van der Waals surface area contributed by atoms with Gasteiger partial charge in [-0.15, -0.1) is 0 Å². The van der Waals surface area contributed by atoms with E-state index in [4.69, 9.17) is 25.9 Å². The van der Waals surface area contributed by atoms with Gasteiger partial charge in [0.15, 0.2) is 6.73 Å². The Bertz CT molecular complexity index is 905. The molecule has 1 fully saturated rings. The minimum Gasteiger partial charge on any atom is -0.471 e. The first kappa shape index (κ1) is 23.9. The van der Waals surface area contributed by atoms with Crippen LogP contribution in [0, 0.1) is 0 Å². The van der Waals surface area contributed by atoms with Crippen LogP contribution in [-0.4, -0.2) is 56.1 Å². The van der Waals surface area contributed by atoms with Gasteiger partial charge < -0.3 is 18.6 Å². The zero-order valence-corrected chi connectivity index (χ0v) is 20.3. The smallest absolute Gasteiger partial charge is 0.471 e. The normalized spacial score (nSPS) is 18.8. The second kappa shape index (κ2) is 10.1. The summed E-state index contributed by atoms with van der Waals surface area (Å²) < 4.78 is 40.1. The first-order valence-corrected chi connectivity index (χ1v) is 10.9. The average molecular weight is 450 g/mol. The third-order valence-electron chi connectivity index (χ3n) is 4.44. The number of hydrogen-bond donors (Lipinski definition) is 0. The second-order valence-corrected chi connectivity index (χ2v) is 8.49. The van der Waals surface area contributed by atoms with E-state index in [1.54, 1.807) is 13.8 Å². The van der Waals surface area contributed by atoms with Crippen LogP contribution in [0.2, 0.25) is 0 Å². The van der Waals surface area contributed by atoms with Crippen molar-refractivity contribution in [3.63, 3.8) is 0 Å². The third-order valence-corrected chi connectivity index (χ3v) is 5.94. The van der Waals surface area contributed by atoms with Crippen LogP contribution in [-0.2, 0) is 23.8 Å². The van der Waals surface area contributed by atoms with Gasteiger partial charge in [0, 0.05) is 18.7 Å². The van der Waals surface area contributed by atoms with Crippen molar-refractivity contribution >= 4 is 39.1 Å². The second-order valence-electron chi connectivity index (χ2n) is 6.42. The Morgan fingerprint density at radius 3 is 2.79 bits per heavy atom. The number of rotatable bonds is 8. The van der Waals surface area contributed by atoms with E-state index < -0.39 is 16.2 Å². The molecule has 2 heterocycles. The number of ether oxygens (including phenoxy) is 2. The van der Waals surface area contributed by atoms with Crippen LogP contribution >= 0.6 is 12.2 Å². The van der Waals surface area contributed by atoms with Crippen LogP contribution in [0.1, 0.15) is 20.3 Å². The Kier molecular flexibility index (Phi) is 8.36. The topological polar surface area (TPSA) is 85.4 Å². The Morgan fingerprint density at radius 1 is 1.38 bits per heavy atom. The van der Waals surface area contributed by atoms with E-state index in [9.17, 15) is 13.2 Å². The van der Waals surface area contributed by atoms with Gasteiger partial charge in [0.05, 0.1) is 11.4 Å². The molecule has 1 unspecified atom stereocenters. The summed E-state index contributed by atoms with van der Waals surface area (Å²) >= 11 is 4.99. The van der Waals surface area contributed by atoms with Crippen molar-refractivity contribution in [2.75, 3.05) is 30.5 Å². The SMILES string of the molecule is CCN1C(=O)C(/C(C)=C/OS(=O)(=O)CCCN2COc3ccccc32)OC1=S.[Na+]. The maximum Gasteiger partial charge on any atom is 1.00 e. The van der Waals surface area contributed by atoms with Crippen molar-refractivity contribution in [3.8, 4) is 5.75 Å².